The molecule has 0 radical (unpaired) electrons. The highest BCUT2D eigenvalue weighted by molar-refractivity contribution is 5.02. The Morgan fingerprint density at radius 3 is 2.73 bits per heavy atom. The molecule has 0 saturated carbocycles. The standard InChI is InChI=1S/C8H12F3N3O/c9-8(10,11)6-15-2-1-14-5-7(3-12)4-13-14/h4-5H,1-3,6,12H2. The molecule has 7 heteroatoms. The van der Waals surface area contributed by atoms with Gasteiger partial charge in [0.1, 0.15) is 6.61 Å². The van der Waals surface area contributed by atoms with Gasteiger partial charge in [-0.25, -0.2) is 0 Å². The van der Waals surface area contributed by atoms with E-state index < -0.39 is 12.8 Å². The molecule has 1 heterocycles. The summed E-state index contributed by atoms with van der Waals surface area (Å²) in [5.74, 6) is 0. The molecule has 0 unspecified atom stereocenters. The van der Waals surface area contributed by atoms with Crippen LogP contribution in [0.15, 0.2) is 12.4 Å². The maximum atomic E-state index is 11.7. The van der Waals surface area contributed by atoms with Crippen LogP contribution in [0.4, 0.5) is 13.2 Å². The first-order valence-electron chi connectivity index (χ1n) is 4.37. The molecule has 0 amide bonds. The van der Waals surface area contributed by atoms with Crippen LogP contribution in [0.25, 0.3) is 0 Å². The van der Waals surface area contributed by atoms with Crippen molar-refractivity contribution in [1.29, 1.82) is 0 Å². The van der Waals surface area contributed by atoms with E-state index in [0.717, 1.165) is 5.56 Å². The van der Waals surface area contributed by atoms with Crippen molar-refractivity contribution in [3.05, 3.63) is 18.0 Å². The molecule has 0 aliphatic heterocycles. The minimum Gasteiger partial charge on any atom is -0.370 e. The third-order valence-corrected chi connectivity index (χ3v) is 1.65. The SMILES string of the molecule is NCc1cnn(CCOCC(F)(F)F)c1. The Labute approximate surface area is 84.8 Å². The quantitative estimate of drug-likeness (QED) is 0.755. The van der Waals surface area contributed by atoms with Crippen LogP contribution in [0.5, 0.6) is 0 Å². The summed E-state index contributed by atoms with van der Waals surface area (Å²) in [6, 6.07) is 0. The van der Waals surface area contributed by atoms with Crippen molar-refractivity contribution < 1.29 is 17.9 Å². The average molecular weight is 223 g/mol. The summed E-state index contributed by atoms with van der Waals surface area (Å²) >= 11 is 0. The summed E-state index contributed by atoms with van der Waals surface area (Å²) in [5.41, 5.74) is 6.18. The molecule has 0 aromatic carbocycles. The maximum absolute atomic E-state index is 11.7. The topological polar surface area (TPSA) is 53.1 Å². The lowest BCUT2D eigenvalue weighted by Crippen LogP contribution is -2.19. The first-order valence-corrected chi connectivity index (χ1v) is 4.37. The summed E-state index contributed by atoms with van der Waals surface area (Å²) in [6.07, 6.45) is -1.02. The van der Waals surface area contributed by atoms with E-state index in [0.29, 0.717) is 6.54 Å². The van der Waals surface area contributed by atoms with Gasteiger partial charge in [0.25, 0.3) is 0 Å². The van der Waals surface area contributed by atoms with Gasteiger partial charge in [-0.2, -0.15) is 18.3 Å². The van der Waals surface area contributed by atoms with Crippen molar-refractivity contribution in [2.24, 2.45) is 5.73 Å². The van der Waals surface area contributed by atoms with Crippen molar-refractivity contribution in [1.82, 2.24) is 9.78 Å². The van der Waals surface area contributed by atoms with E-state index in [1.54, 1.807) is 12.4 Å². The van der Waals surface area contributed by atoms with Gasteiger partial charge in [-0.1, -0.05) is 0 Å². The maximum Gasteiger partial charge on any atom is 0.411 e. The highest BCUT2D eigenvalue weighted by atomic mass is 19.4. The molecule has 0 aliphatic carbocycles. The van der Waals surface area contributed by atoms with E-state index in [9.17, 15) is 13.2 Å². The van der Waals surface area contributed by atoms with E-state index in [1.807, 2.05) is 0 Å². The molecule has 4 nitrogen and oxygen atoms in total. The van der Waals surface area contributed by atoms with Crippen molar-refractivity contribution in [3.63, 3.8) is 0 Å². The highest BCUT2D eigenvalue weighted by Crippen LogP contribution is 2.14. The Kier molecular flexibility index (Phi) is 4.10. The minimum absolute atomic E-state index is 0.0226. The lowest BCUT2D eigenvalue weighted by molar-refractivity contribution is -0.174. The third-order valence-electron chi connectivity index (χ3n) is 1.65. The van der Waals surface area contributed by atoms with Crippen LogP contribution in [0.3, 0.4) is 0 Å². The van der Waals surface area contributed by atoms with Gasteiger partial charge in [-0.3, -0.25) is 4.68 Å². The van der Waals surface area contributed by atoms with Gasteiger partial charge >= 0.3 is 6.18 Å². The van der Waals surface area contributed by atoms with Gasteiger partial charge in [0.05, 0.1) is 19.3 Å². The predicted molar refractivity (Wildman–Crippen MR) is 47.0 cm³/mol. The molecule has 1 rings (SSSR count). The lowest BCUT2D eigenvalue weighted by Gasteiger charge is -2.07. The molecule has 1 aromatic heterocycles. The molecule has 0 aliphatic rings. The van der Waals surface area contributed by atoms with Crippen LogP contribution < -0.4 is 5.73 Å². The molecule has 0 fully saturated rings. The van der Waals surface area contributed by atoms with E-state index in [2.05, 4.69) is 9.84 Å². The van der Waals surface area contributed by atoms with Gasteiger partial charge in [0.15, 0.2) is 0 Å². The molecular formula is C8H12F3N3O. The molecule has 86 valence electrons. The molecular weight excluding hydrogens is 211 g/mol. The van der Waals surface area contributed by atoms with E-state index >= 15 is 0 Å². The van der Waals surface area contributed by atoms with Crippen molar-refractivity contribution in [3.8, 4) is 0 Å². The summed E-state index contributed by atoms with van der Waals surface area (Å²) in [7, 11) is 0. The average Bonchev–Trinajstić information content (AvgIpc) is 2.59. The molecule has 2 N–H and O–H groups in total. The second-order valence-electron chi connectivity index (χ2n) is 2.98. The van der Waals surface area contributed by atoms with E-state index in [-0.39, 0.29) is 13.2 Å². The van der Waals surface area contributed by atoms with Crippen LogP contribution >= 0.6 is 0 Å². The second kappa shape index (κ2) is 5.13. The largest absolute Gasteiger partial charge is 0.411 e. The smallest absolute Gasteiger partial charge is 0.370 e. The van der Waals surface area contributed by atoms with Crippen LogP contribution in [-0.2, 0) is 17.8 Å². The van der Waals surface area contributed by atoms with Gasteiger partial charge in [-0.15, -0.1) is 0 Å². The second-order valence-corrected chi connectivity index (χ2v) is 2.98. The van der Waals surface area contributed by atoms with Crippen LogP contribution in [0.2, 0.25) is 0 Å². The number of halogens is 3. The van der Waals surface area contributed by atoms with Gasteiger partial charge in [0, 0.05) is 18.3 Å². The Hall–Kier alpha value is -1.08. The lowest BCUT2D eigenvalue weighted by atomic mass is 10.4. The number of rotatable bonds is 5. The zero-order chi connectivity index (χ0) is 11.3. The Morgan fingerprint density at radius 2 is 2.20 bits per heavy atom. The Bertz CT molecular complexity index is 298. The van der Waals surface area contributed by atoms with E-state index in [1.165, 1.54) is 4.68 Å². The summed E-state index contributed by atoms with van der Waals surface area (Å²) in [6.45, 7) is -0.595. The third kappa shape index (κ3) is 4.80. The zero-order valence-corrected chi connectivity index (χ0v) is 8.00. The summed E-state index contributed by atoms with van der Waals surface area (Å²) in [4.78, 5) is 0. The van der Waals surface area contributed by atoms with Gasteiger partial charge in [0.2, 0.25) is 0 Å². The van der Waals surface area contributed by atoms with Crippen LogP contribution in [0, 0.1) is 0 Å². The molecule has 0 atom stereocenters. The minimum atomic E-state index is -4.27. The Balaban J connectivity index is 2.20. The van der Waals surface area contributed by atoms with Crippen LogP contribution in [0.1, 0.15) is 5.56 Å². The van der Waals surface area contributed by atoms with Crippen molar-refractivity contribution >= 4 is 0 Å². The monoisotopic (exact) mass is 223 g/mol. The highest BCUT2D eigenvalue weighted by Gasteiger charge is 2.27. The number of hydrogen-bond donors (Lipinski definition) is 1. The van der Waals surface area contributed by atoms with Crippen molar-refractivity contribution in [2.75, 3.05) is 13.2 Å². The molecule has 0 saturated heterocycles. The fourth-order valence-corrected chi connectivity index (χ4v) is 0.980. The molecule has 0 bridgehead atoms. The van der Waals surface area contributed by atoms with Gasteiger partial charge in [-0.05, 0) is 0 Å². The zero-order valence-electron chi connectivity index (χ0n) is 8.00. The van der Waals surface area contributed by atoms with Gasteiger partial charge < -0.3 is 10.5 Å². The molecule has 0 spiro atoms. The normalized spacial score (nSPS) is 12.0. The Morgan fingerprint density at radius 1 is 1.47 bits per heavy atom. The first-order chi connectivity index (χ1) is 7.01. The number of nitrogens with two attached hydrogens (primary N) is 1. The number of ether oxygens (including phenoxy) is 1. The number of nitrogens with zero attached hydrogens (tertiary/aromatic N) is 2. The summed E-state index contributed by atoms with van der Waals surface area (Å²) in [5, 5.41) is 3.90. The molecule has 1 aromatic rings. The van der Waals surface area contributed by atoms with Crippen LogP contribution in [-0.4, -0.2) is 29.2 Å². The summed E-state index contributed by atoms with van der Waals surface area (Å²) < 4.78 is 41.0. The predicted octanol–water partition coefficient (Wildman–Crippen LogP) is 0.921. The first kappa shape index (κ1) is 12.0. The number of aromatic nitrogens is 2. The number of hydrogen-bond acceptors (Lipinski definition) is 3. The number of alkyl halides is 3. The van der Waals surface area contributed by atoms with Crippen molar-refractivity contribution in [2.45, 2.75) is 19.3 Å². The van der Waals surface area contributed by atoms with E-state index in [4.69, 9.17) is 5.73 Å². The fraction of sp³-hybridized carbons (Fsp3) is 0.625. The fourth-order valence-electron chi connectivity index (χ4n) is 0.980. The molecule has 15 heavy (non-hydrogen) atoms.